The lowest BCUT2D eigenvalue weighted by molar-refractivity contribution is -0.247. The van der Waals surface area contributed by atoms with Crippen molar-refractivity contribution in [2.45, 2.75) is 11.8 Å². The summed E-state index contributed by atoms with van der Waals surface area (Å²) in [5.74, 6) is -0.820. The van der Waals surface area contributed by atoms with Crippen molar-refractivity contribution in [2.75, 3.05) is 27.3 Å². The minimum Gasteiger partial charge on any atom is -0.383 e. The van der Waals surface area contributed by atoms with E-state index in [4.69, 9.17) is 4.74 Å². The zero-order valence-corrected chi connectivity index (χ0v) is 21.9. The Bertz CT molecular complexity index is 1710. The van der Waals surface area contributed by atoms with Crippen LogP contribution < -0.4 is 0 Å². The lowest BCUT2D eigenvalue weighted by atomic mass is 9.84. The van der Waals surface area contributed by atoms with Crippen LogP contribution in [0.5, 0.6) is 0 Å². The van der Waals surface area contributed by atoms with Crippen LogP contribution in [0, 0.1) is 5.82 Å². The van der Waals surface area contributed by atoms with Gasteiger partial charge in [0.25, 0.3) is 5.91 Å². The molecule has 7 nitrogen and oxygen atoms in total. The fourth-order valence-electron chi connectivity index (χ4n) is 4.98. The van der Waals surface area contributed by atoms with Gasteiger partial charge in [0.2, 0.25) is 5.60 Å². The van der Waals surface area contributed by atoms with E-state index in [-0.39, 0.29) is 22.4 Å². The summed E-state index contributed by atoms with van der Waals surface area (Å²) in [6.07, 6.45) is -2.53. The van der Waals surface area contributed by atoms with Crippen LogP contribution in [0.15, 0.2) is 73.1 Å². The van der Waals surface area contributed by atoms with Crippen LogP contribution in [0.2, 0.25) is 0 Å². The van der Waals surface area contributed by atoms with E-state index in [1.165, 1.54) is 95.3 Å². The van der Waals surface area contributed by atoms with Gasteiger partial charge < -0.3 is 19.3 Å². The summed E-state index contributed by atoms with van der Waals surface area (Å²) in [6.45, 7) is 0.589. The second-order valence-electron chi connectivity index (χ2n) is 9.59. The molecule has 0 spiro atoms. The minimum absolute atomic E-state index is 0.0930. The number of likely N-dealkylation sites (N-methyl/N-ethyl adjacent to an activating group) is 1. The van der Waals surface area contributed by atoms with Crippen LogP contribution in [-0.2, 0) is 17.4 Å². The number of para-hydroxylation sites is 1. The summed E-state index contributed by atoms with van der Waals surface area (Å²) in [5.41, 5.74) is -2.75. The van der Waals surface area contributed by atoms with E-state index < -0.39 is 28.7 Å². The third-order valence-electron chi connectivity index (χ3n) is 7.07. The number of alkyl halides is 3. The Balaban J connectivity index is 1.65. The SMILES string of the molecule is COCCN(C)C(=O)c1cccc2c(C(O)(c3ccc4c(cnn4-c4ccc(F)cc4)c3)C(F)(F)F)cn(C)c12. The fraction of sp³-hybridized carbons (Fsp3) is 0.241. The van der Waals surface area contributed by atoms with Crippen LogP contribution in [-0.4, -0.2) is 63.7 Å². The Kier molecular flexibility index (Phi) is 6.89. The highest BCUT2D eigenvalue weighted by Gasteiger charge is 2.57. The molecule has 0 bridgehead atoms. The highest BCUT2D eigenvalue weighted by molar-refractivity contribution is 6.07. The van der Waals surface area contributed by atoms with Crippen LogP contribution in [0.4, 0.5) is 17.6 Å². The number of carbonyl (C=O) groups is 1. The summed E-state index contributed by atoms with van der Waals surface area (Å²) in [7, 11) is 4.62. The Hall–Kier alpha value is -4.22. The number of ether oxygens (including phenoxy) is 1. The number of fused-ring (bicyclic) bond motifs is 2. The molecule has 0 aliphatic carbocycles. The average molecular weight is 555 g/mol. The van der Waals surface area contributed by atoms with E-state index in [1.807, 2.05) is 0 Å². The molecule has 0 aliphatic heterocycles. The molecule has 1 atom stereocenters. The molecule has 0 fully saturated rings. The van der Waals surface area contributed by atoms with Gasteiger partial charge in [-0.1, -0.05) is 18.2 Å². The third kappa shape index (κ3) is 4.40. The van der Waals surface area contributed by atoms with Gasteiger partial charge in [-0.05, 0) is 48.0 Å². The number of aryl methyl sites for hydroxylation is 1. The maximum Gasteiger partial charge on any atom is 0.425 e. The van der Waals surface area contributed by atoms with Crippen molar-refractivity contribution in [3.8, 4) is 5.69 Å². The van der Waals surface area contributed by atoms with Crippen molar-refractivity contribution >= 4 is 27.7 Å². The molecule has 0 radical (unpaired) electrons. The van der Waals surface area contributed by atoms with Crippen LogP contribution in [0.1, 0.15) is 21.5 Å². The molecule has 1 unspecified atom stereocenters. The topological polar surface area (TPSA) is 72.5 Å². The first kappa shape index (κ1) is 27.4. The number of carbonyl (C=O) groups excluding carboxylic acids is 1. The van der Waals surface area contributed by atoms with Gasteiger partial charge in [0.05, 0.1) is 35.1 Å². The lowest BCUT2D eigenvalue weighted by Crippen LogP contribution is -2.43. The molecule has 208 valence electrons. The maximum absolute atomic E-state index is 14.8. The van der Waals surface area contributed by atoms with Gasteiger partial charge in [-0.2, -0.15) is 18.3 Å². The largest absolute Gasteiger partial charge is 0.425 e. The number of aliphatic hydroxyl groups is 1. The smallest absolute Gasteiger partial charge is 0.383 e. The van der Waals surface area contributed by atoms with E-state index >= 15 is 0 Å². The first-order valence-corrected chi connectivity index (χ1v) is 12.3. The summed E-state index contributed by atoms with van der Waals surface area (Å²) >= 11 is 0. The highest BCUT2D eigenvalue weighted by Crippen LogP contribution is 2.48. The zero-order chi connectivity index (χ0) is 28.8. The number of amides is 1. The number of rotatable bonds is 7. The number of hydrogen-bond donors (Lipinski definition) is 1. The molecule has 2 aromatic heterocycles. The van der Waals surface area contributed by atoms with E-state index in [0.29, 0.717) is 29.7 Å². The Labute approximate surface area is 226 Å². The van der Waals surface area contributed by atoms with Gasteiger partial charge in [0.15, 0.2) is 0 Å². The summed E-state index contributed by atoms with van der Waals surface area (Å²) < 4.78 is 65.8. The van der Waals surface area contributed by atoms with Crippen LogP contribution in [0.25, 0.3) is 27.5 Å². The van der Waals surface area contributed by atoms with Gasteiger partial charge in [0, 0.05) is 50.3 Å². The van der Waals surface area contributed by atoms with Crippen molar-refractivity contribution in [3.05, 3.63) is 95.6 Å². The number of hydrogen-bond acceptors (Lipinski definition) is 4. The van der Waals surface area contributed by atoms with Gasteiger partial charge in [-0.3, -0.25) is 4.79 Å². The molecule has 0 aliphatic rings. The fourth-order valence-corrected chi connectivity index (χ4v) is 4.98. The van der Waals surface area contributed by atoms with Crippen molar-refractivity contribution in [1.82, 2.24) is 19.2 Å². The lowest BCUT2D eigenvalue weighted by Gasteiger charge is -2.31. The number of halogens is 4. The number of methoxy groups -OCH3 is 1. The predicted molar refractivity (Wildman–Crippen MR) is 142 cm³/mol. The maximum atomic E-state index is 14.8. The Morgan fingerprint density at radius 1 is 1.10 bits per heavy atom. The Morgan fingerprint density at radius 2 is 1.82 bits per heavy atom. The average Bonchev–Trinajstić information content (AvgIpc) is 3.51. The quantitative estimate of drug-likeness (QED) is 0.282. The molecule has 5 rings (SSSR count). The van der Waals surface area contributed by atoms with E-state index in [9.17, 15) is 27.5 Å². The molecule has 5 aromatic rings. The molecular weight excluding hydrogens is 528 g/mol. The molecule has 3 aromatic carbocycles. The summed E-state index contributed by atoms with van der Waals surface area (Å²) in [5, 5.41) is 16.2. The van der Waals surface area contributed by atoms with Crippen molar-refractivity contribution < 1.29 is 32.2 Å². The van der Waals surface area contributed by atoms with Gasteiger partial charge in [-0.25, -0.2) is 9.07 Å². The van der Waals surface area contributed by atoms with Crippen LogP contribution in [0.3, 0.4) is 0 Å². The third-order valence-corrected chi connectivity index (χ3v) is 7.07. The van der Waals surface area contributed by atoms with E-state index in [2.05, 4.69) is 5.10 Å². The molecule has 2 heterocycles. The van der Waals surface area contributed by atoms with Crippen molar-refractivity contribution in [1.29, 1.82) is 0 Å². The summed E-state index contributed by atoms with van der Waals surface area (Å²) in [4.78, 5) is 14.6. The molecular formula is C29H26F4N4O3. The monoisotopic (exact) mass is 554 g/mol. The molecule has 11 heteroatoms. The summed E-state index contributed by atoms with van der Waals surface area (Å²) in [6, 6.07) is 13.9. The normalized spacial score (nSPS) is 13.6. The van der Waals surface area contributed by atoms with Gasteiger partial charge in [0.1, 0.15) is 5.82 Å². The first-order chi connectivity index (χ1) is 19.0. The molecule has 0 saturated carbocycles. The molecule has 1 N–H and O–H groups in total. The van der Waals surface area contributed by atoms with E-state index in [1.54, 1.807) is 13.1 Å². The molecule has 1 amide bonds. The Morgan fingerprint density at radius 3 is 2.50 bits per heavy atom. The molecule has 40 heavy (non-hydrogen) atoms. The van der Waals surface area contributed by atoms with Crippen molar-refractivity contribution in [3.63, 3.8) is 0 Å². The van der Waals surface area contributed by atoms with E-state index in [0.717, 1.165) is 0 Å². The standard InChI is InChI=1S/C29H26F4N4O3/c1-35(13-14-40-3)27(38)23-6-4-5-22-24(17-36(2)26(22)23)28(39,29(31,32)33)19-7-12-25-18(15-19)16-34-37(25)21-10-8-20(30)9-11-21/h4-12,15-17,39H,13-14H2,1-3H3. The van der Waals surface area contributed by atoms with Crippen LogP contribution >= 0.6 is 0 Å². The number of aromatic nitrogens is 3. The minimum atomic E-state index is -5.11. The number of benzene rings is 3. The predicted octanol–water partition coefficient (Wildman–Crippen LogP) is 5.17. The first-order valence-electron chi connectivity index (χ1n) is 12.3. The zero-order valence-electron chi connectivity index (χ0n) is 21.9. The number of nitrogens with zero attached hydrogens (tertiary/aromatic N) is 4. The molecule has 0 saturated heterocycles. The van der Waals surface area contributed by atoms with Crippen molar-refractivity contribution in [2.24, 2.45) is 7.05 Å². The van der Waals surface area contributed by atoms with Gasteiger partial charge >= 0.3 is 6.18 Å². The van der Waals surface area contributed by atoms with Gasteiger partial charge in [-0.15, -0.1) is 0 Å². The highest BCUT2D eigenvalue weighted by atomic mass is 19.4. The second kappa shape index (κ2) is 10.1. The second-order valence-corrected chi connectivity index (χ2v) is 9.59.